The molecule has 2 amide bonds. The molecule has 0 radical (unpaired) electrons. The highest BCUT2D eigenvalue weighted by Gasteiger charge is 2.23. The number of hydrogen-bond acceptors (Lipinski definition) is 4. The fourth-order valence-corrected chi connectivity index (χ4v) is 3.18. The number of methoxy groups -OCH3 is 1. The van der Waals surface area contributed by atoms with Crippen LogP contribution in [0.2, 0.25) is 0 Å². The smallest absolute Gasteiger partial charge is 0.355 e. The first-order valence-corrected chi connectivity index (χ1v) is 10.3. The molecule has 1 aromatic carbocycles. The largest absolute Gasteiger partial charge is 0.497 e. The summed E-state index contributed by atoms with van der Waals surface area (Å²) in [7, 11) is 1.62. The van der Waals surface area contributed by atoms with E-state index >= 15 is 0 Å². The molecule has 0 fully saturated rings. The second-order valence-corrected chi connectivity index (χ2v) is 7.41. The van der Waals surface area contributed by atoms with Crippen LogP contribution in [0.1, 0.15) is 60.1 Å². The maximum absolute atomic E-state index is 13.0. The highest BCUT2D eigenvalue weighted by Crippen LogP contribution is 2.22. The number of carbonyl (C=O) groups is 2. The van der Waals surface area contributed by atoms with Crippen molar-refractivity contribution in [3.63, 3.8) is 0 Å². The number of carbonyl (C=O) groups excluding carboxylic acids is 2. The molecule has 1 unspecified atom stereocenters. The van der Waals surface area contributed by atoms with Gasteiger partial charge in [-0.15, -0.1) is 0 Å². The van der Waals surface area contributed by atoms with Gasteiger partial charge in [-0.3, -0.25) is 0 Å². The van der Waals surface area contributed by atoms with Gasteiger partial charge in [0.1, 0.15) is 11.4 Å². The first kappa shape index (κ1) is 23.3. The molecule has 2 N–H and O–H groups in total. The normalized spacial score (nSPS) is 11.7. The van der Waals surface area contributed by atoms with Gasteiger partial charge in [0.25, 0.3) is 0 Å². The Bertz CT molecular complexity index is 858. The lowest BCUT2D eigenvalue weighted by Crippen LogP contribution is -2.43. The molecule has 0 bridgehead atoms. The SMILES string of the molecule is CCOC(=O)c1[nH]c(C)c(CN(Cc2ccc(OC)cc2)C(=O)NC(C)CC)c1C. The summed E-state index contributed by atoms with van der Waals surface area (Å²) in [6.07, 6.45) is 0.845. The number of amides is 2. The molecule has 1 aromatic heterocycles. The van der Waals surface area contributed by atoms with Gasteiger partial charge in [0, 0.05) is 24.8 Å². The number of urea groups is 1. The van der Waals surface area contributed by atoms with Crippen molar-refractivity contribution in [2.75, 3.05) is 13.7 Å². The van der Waals surface area contributed by atoms with E-state index in [2.05, 4.69) is 10.3 Å². The molecule has 7 heteroatoms. The summed E-state index contributed by atoms with van der Waals surface area (Å²) in [5.41, 5.74) is 4.02. The number of aromatic nitrogens is 1. The third-order valence-corrected chi connectivity index (χ3v) is 5.22. The minimum Gasteiger partial charge on any atom is -0.497 e. The van der Waals surface area contributed by atoms with E-state index in [1.165, 1.54) is 0 Å². The molecule has 7 nitrogen and oxygen atoms in total. The number of rotatable bonds is 9. The van der Waals surface area contributed by atoms with Gasteiger partial charge in [-0.2, -0.15) is 0 Å². The highest BCUT2D eigenvalue weighted by atomic mass is 16.5. The van der Waals surface area contributed by atoms with E-state index in [9.17, 15) is 9.59 Å². The summed E-state index contributed by atoms with van der Waals surface area (Å²) < 4.78 is 10.4. The maximum Gasteiger partial charge on any atom is 0.355 e. The first-order valence-electron chi connectivity index (χ1n) is 10.3. The first-order chi connectivity index (χ1) is 14.3. The number of hydrogen-bond donors (Lipinski definition) is 2. The number of nitrogens with one attached hydrogen (secondary N) is 2. The van der Waals surface area contributed by atoms with Crippen molar-refractivity contribution in [1.29, 1.82) is 0 Å². The summed E-state index contributed by atoms with van der Waals surface area (Å²) in [5, 5.41) is 3.04. The lowest BCUT2D eigenvalue weighted by molar-refractivity contribution is 0.0519. The highest BCUT2D eigenvalue weighted by molar-refractivity contribution is 5.89. The van der Waals surface area contributed by atoms with Crippen LogP contribution in [-0.4, -0.2) is 41.6 Å². The van der Waals surface area contributed by atoms with Gasteiger partial charge in [0.15, 0.2) is 0 Å². The van der Waals surface area contributed by atoms with Crippen LogP contribution >= 0.6 is 0 Å². The topological polar surface area (TPSA) is 83.7 Å². The van der Waals surface area contributed by atoms with Crippen molar-refractivity contribution < 1.29 is 19.1 Å². The molecule has 164 valence electrons. The van der Waals surface area contributed by atoms with Gasteiger partial charge >= 0.3 is 12.0 Å². The van der Waals surface area contributed by atoms with Crippen molar-refractivity contribution in [2.45, 2.75) is 60.2 Å². The number of benzene rings is 1. The molecule has 1 atom stereocenters. The third-order valence-electron chi connectivity index (χ3n) is 5.22. The van der Waals surface area contributed by atoms with E-state index in [1.54, 1.807) is 18.9 Å². The number of aromatic amines is 1. The quantitative estimate of drug-likeness (QED) is 0.597. The Balaban J connectivity index is 2.30. The van der Waals surface area contributed by atoms with E-state index in [-0.39, 0.29) is 18.0 Å². The van der Waals surface area contributed by atoms with Crippen molar-refractivity contribution in [2.24, 2.45) is 0 Å². The van der Waals surface area contributed by atoms with Crippen molar-refractivity contribution >= 4 is 12.0 Å². The van der Waals surface area contributed by atoms with Crippen molar-refractivity contribution in [1.82, 2.24) is 15.2 Å². The van der Waals surface area contributed by atoms with Crippen LogP contribution in [0, 0.1) is 13.8 Å². The fourth-order valence-electron chi connectivity index (χ4n) is 3.18. The van der Waals surface area contributed by atoms with Gasteiger partial charge in [-0.25, -0.2) is 9.59 Å². The summed E-state index contributed by atoms with van der Waals surface area (Å²) in [4.78, 5) is 30.1. The van der Waals surface area contributed by atoms with Crippen LogP contribution < -0.4 is 10.1 Å². The summed E-state index contributed by atoms with van der Waals surface area (Å²) in [5.74, 6) is 0.390. The van der Waals surface area contributed by atoms with Gasteiger partial charge in [-0.1, -0.05) is 19.1 Å². The number of esters is 1. The zero-order valence-electron chi connectivity index (χ0n) is 18.8. The molecule has 0 saturated carbocycles. The Morgan fingerprint density at radius 1 is 1.13 bits per heavy atom. The molecule has 0 saturated heterocycles. The fraction of sp³-hybridized carbons (Fsp3) is 0.478. The number of H-pyrrole nitrogens is 1. The zero-order chi connectivity index (χ0) is 22.3. The van der Waals surface area contributed by atoms with Crippen LogP contribution in [0.25, 0.3) is 0 Å². The van der Waals surface area contributed by atoms with Crippen LogP contribution in [0.5, 0.6) is 5.75 Å². The maximum atomic E-state index is 13.0. The molecule has 0 aliphatic rings. The van der Waals surface area contributed by atoms with E-state index in [0.29, 0.717) is 25.4 Å². The molecular formula is C23H33N3O4. The van der Waals surface area contributed by atoms with E-state index in [1.807, 2.05) is 52.0 Å². The van der Waals surface area contributed by atoms with E-state index in [4.69, 9.17) is 9.47 Å². The average molecular weight is 416 g/mol. The molecule has 0 aliphatic carbocycles. The predicted octanol–water partition coefficient (Wildman–Crippen LogP) is 4.33. The van der Waals surface area contributed by atoms with Crippen molar-refractivity contribution in [3.8, 4) is 5.75 Å². The molecular weight excluding hydrogens is 382 g/mol. The van der Waals surface area contributed by atoms with Gasteiger partial charge < -0.3 is 24.7 Å². The Morgan fingerprint density at radius 3 is 2.37 bits per heavy atom. The van der Waals surface area contributed by atoms with Crippen LogP contribution in [0.15, 0.2) is 24.3 Å². The monoisotopic (exact) mass is 415 g/mol. The Labute approximate surface area is 178 Å². The summed E-state index contributed by atoms with van der Waals surface area (Å²) >= 11 is 0. The standard InChI is InChI=1S/C23H33N3O4/c1-7-15(3)24-23(28)26(13-18-9-11-19(29-6)12-10-18)14-20-16(4)21(25-17(20)5)22(27)30-8-2/h9-12,15,25H,7-8,13-14H2,1-6H3,(H,24,28). The van der Waals surface area contributed by atoms with Crippen molar-refractivity contribution in [3.05, 3.63) is 52.3 Å². The molecule has 2 aromatic rings. The molecule has 0 aliphatic heterocycles. The van der Waals surface area contributed by atoms with Gasteiger partial charge in [0.05, 0.1) is 13.7 Å². The lowest BCUT2D eigenvalue weighted by atomic mass is 10.1. The average Bonchev–Trinajstić information content (AvgIpc) is 3.02. The summed E-state index contributed by atoms with van der Waals surface area (Å²) in [6, 6.07) is 7.58. The second kappa shape index (κ2) is 10.7. The Morgan fingerprint density at radius 2 is 1.80 bits per heavy atom. The third kappa shape index (κ3) is 5.78. The molecule has 1 heterocycles. The van der Waals surface area contributed by atoms with E-state index < -0.39 is 0 Å². The number of nitrogens with zero attached hydrogens (tertiary/aromatic N) is 1. The summed E-state index contributed by atoms with van der Waals surface area (Å²) in [6.45, 7) is 10.7. The number of ether oxygens (including phenoxy) is 2. The van der Waals surface area contributed by atoms with Gasteiger partial charge in [0.2, 0.25) is 0 Å². The van der Waals surface area contributed by atoms with Gasteiger partial charge in [-0.05, 0) is 62.9 Å². The Hall–Kier alpha value is -2.96. The van der Waals surface area contributed by atoms with E-state index in [0.717, 1.165) is 34.6 Å². The number of aryl methyl sites for hydroxylation is 1. The Kier molecular flexibility index (Phi) is 8.33. The lowest BCUT2D eigenvalue weighted by Gasteiger charge is -2.26. The minimum absolute atomic E-state index is 0.0689. The van der Waals surface area contributed by atoms with Crippen LogP contribution in [0.4, 0.5) is 4.79 Å². The zero-order valence-corrected chi connectivity index (χ0v) is 18.8. The van der Waals surface area contributed by atoms with Crippen LogP contribution in [-0.2, 0) is 17.8 Å². The molecule has 30 heavy (non-hydrogen) atoms. The molecule has 2 rings (SSSR count). The second-order valence-electron chi connectivity index (χ2n) is 7.41. The molecule has 0 spiro atoms. The van der Waals surface area contributed by atoms with Crippen LogP contribution in [0.3, 0.4) is 0 Å². The predicted molar refractivity (Wildman–Crippen MR) is 117 cm³/mol. The minimum atomic E-state index is -0.380.